The second-order valence-corrected chi connectivity index (χ2v) is 7.82. The van der Waals surface area contributed by atoms with Gasteiger partial charge in [0.15, 0.2) is 0 Å². The molecule has 0 bridgehead atoms. The van der Waals surface area contributed by atoms with Gasteiger partial charge < -0.3 is 19.3 Å². The molecule has 0 aromatic heterocycles. The monoisotopic (exact) mass is 414 g/mol. The summed E-state index contributed by atoms with van der Waals surface area (Å²) >= 11 is 0. The maximum atomic E-state index is 10.6. The van der Waals surface area contributed by atoms with Crippen LogP contribution in [0.25, 0.3) is 0 Å². The SMILES string of the molecule is COc1ccc(OCC(O)CN(CCN2CCOCC2)Cc2cccc(C)c2)cc1. The Morgan fingerprint density at radius 1 is 1.10 bits per heavy atom. The van der Waals surface area contributed by atoms with Crippen LogP contribution in [0, 0.1) is 6.92 Å². The second-order valence-electron chi connectivity index (χ2n) is 7.82. The van der Waals surface area contributed by atoms with Crippen molar-refractivity contribution in [3.63, 3.8) is 0 Å². The Balaban J connectivity index is 1.53. The zero-order valence-corrected chi connectivity index (χ0v) is 18.1. The first-order valence-electron chi connectivity index (χ1n) is 10.7. The summed E-state index contributed by atoms with van der Waals surface area (Å²) in [6.45, 7) is 9.16. The fourth-order valence-electron chi connectivity index (χ4n) is 3.63. The zero-order valence-electron chi connectivity index (χ0n) is 18.1. The van der Waals surface area contributed by atoms with Crippen LogP contribution in [0.4, 0.5) is 0 Å². The number of benzene rings is 2. The van der Waals surface area contributed by atoms with Crippen molar-refractivity contribution < 1.29 is 19.3 Å². The molecule has 30 heavy (non-hydrogen) atoms. The van der Waals surface area contributed by atoms with E-state index >= 15 is 0 Å². The molecule has 6 nitrogen and oxygen atoms in total. The summed E-state index contributed by atoms with van der Waals surface area (Å²) in [5, 5.41) is 10.6. The number of nitrogens with zero attached hydrogens (tertiary/aromatic N) is 2. The molecule has 0 spiro atoms. The number of morpholine rings is 1. The Labute approximate surface area is 180 Å². The van der Waals surface area contributed by atoms with Gasteiger partial charge in [0.2, 0.25) is 0 Å². The highest BCUT2D eigenvalue weighted by atomic mass is 16.5. The maximum Gasteiger partial charge on any atom is 0.119 e. The molecule has 1 N–H and O–H groups in total. The first-order chi connectivity index (χ1) is 14.6. The van der Waals surface area contributed by atoms with Crippen LogP contribution in [0.5, 0.6) is 11.5 Å². The Kier molecular flexibility index (Phi) is 8.96. The summed E-state index contributed by atoms with van der Waals surface area (Å²) in [4.78, 5) is 4.74. The van der Waals surface area contributed by atoms with Gasteiger partial charge in [0.1, 0.15) is 24.2 Å². The molecule has 6 heteroatoms. The standard InChI is InChI=1S/C24H34N2O4/c1-20-4-3-5-21(16-20)17-26(11-10-25-12-14-29-15-13-25)18-22(27)19-30-24-8-6-23(28-2)7-9-24/h3-9,16,22,27H,10-15,17-19H2,1-2H3. The van der Waals surface area contributed by atoms with E-state index in [0.717, 1.165) is 57.4 Å². The molecule has 3 rings (SSSR count). The van der Waals surface area contributed by atoms with E-state index in [1.165, 1.54) is 11.1 Å². The second kappa shape index (κ2) is 11.9. The van der Waals surface area contributed by atoms with Crippen LogP contribution >= 0.6 is 0 Å². The van der Waals surface area contributed by atoms with Crippen LogP contribution < -0.4 is 9.47 Å². The van der Waals surface area contributed by atoms with Gasteiger partial charge in [-0.3, -0.25) is 9.80 Å². The summed E-state index contributed by atoms with van der Waals surface area (Å²) in [6.07, 6.45) is -0.568. The molecule has 1 heterocycles. The average Bonchev–Trinajstić information content (AvgIpc) is 2.77. The first-order valence-corrected chi connectivity index (χ1v) is 10.7. The van der Waals surface area contributed by atoms with Crippen LogP contribution in [0.15, 0.2) is 48.5 Å². The number of hydrogen-bond acceptors (Lipinski definition) is 6. The van der Waals surface area contributed by atoms with Gasteiger partial charge in [-0.05, 0) is 36.8 Å². The number of hydrogen-bond donors (Lipinski definition) is 1. The molecule has 0 radical (unpaired) electrons. The summed E-state index contributed by atoms with van der Waals surface area (Å²) in [7, 11) is 1.64. The third-order valence-electron chi connectivity index (χ3n) is 5.30. The number of aryl methyl sites for hydroxylation is 1. The molecular formula is C24H34N2O4. The summed E-state index contributed by atoms with van der Waals surface area (Å²) in [5.41, 5.74) is 2.52. The molecule has 1 fully saturated rings. The summed E-state index contributed by atoms with van der Waals surface area (Å²) in [6, 6.07) is 16.0. The molecule has 0 saturated carbocycles. The Morgan fingerprint density at radius 3 is 2.53 bits per heavy atom. The zero-order chi connectivity index (χ0) is 21.2. The van der Waals surface area contributed by atoms with Crippen molar-refractivity contribution in [3.05, 3.63) is 59.7 Å². The minimum Gasteiger partial charge on any atom is -0.497 e. The van der Waals surface area contributed by atoms with Crippen LogP contribution in [-0.2, 0) is 11.3 Å². The average molecular weight is 415 g/mol. The van der Waals surface area contributed by atoms with Crippen LogP contribution in [0.2, 0.25) is 0 Å². The van der Waals surface area contributed by atoms with Gasteiger partial charge in [-0.25, -0.2) is 0 Å². The number of aliphatic hydroxyl groups is 1. The van der Waals surface area contributed by atoms with Gasteiger partial charge in [0, 0.05) is 39.3 Å². The molecule has 1 aliphatic rings. The number of rotatable bonds is 11. The van der Waals surface area contributed by atoms with E-state index in [9.17, 15) is 5.11 Å². The van der Waals surface area contributed by atoms with Crippen molar-refractivity contribution >= 4 is 0 Å². The number of aliphatic hydroxyl groups excluding tert-OH is 1. The molecule has 1 atom stereocenters. The summed E-state index contributed by atoms with van der Waals surface area (Å²) in [5.74, 6) is 1.52. The van der Waals surface area contributed by atoms with Gasteiger partial charge in [0.05, 0.1) is 20.3 Å². The van der Waals surface area contributed by atoms with Crippen molar-refractivity contribution in [3.8, 4) is 11.5 Å². The largest absolute Gasteiger partial charge is 0.497 e. The van der Waals surface area contributed by atoms with E-state index in [1.54, 1.807) is 7.11 Å². The fourth-order valence-corrected chi connectivity index (χ4v) is 3.63. The Morgan fingerprint density at radius 2 is 1.83 bits per heavy atom. The van der Waals surface area contributed by atoms with Gasteiger partial charge >= 0.3 is 0 Å². The van der Waals surface area contributed by atoms with Crippen molar-refractivity contribution in [1.29, 1.82) is 0 Å². The molecule has 1 unspecified atom stereocenters. The number of methoxy groups -OCH3 is 1. The van der Waals surface area contributed by atoms with E-state index < -0.39 is 6.10 Å². The van der Waals surface area contributed by atoms with Gasteiger partial charge in [-0.15, -0.1) is 0 Å². The first kappa shape index (κ1) is 22.6. The predicted octanol–water partition coefficient (Wildman–Crippen LogP) is 2.58. The van der Waals surface area contributed by atoms with E-state index in [2.05, 4.69) is 41.0 Å². The quantitative estimate of drug-likeness (QED) is 0.610. The van der Waals surface area contributed by atoms with Crippen LogP contribution in [-0.4, -0.2) is 80.7 Å². The molecule has 0 aliphatic carbocycles. The molecule has 1 aliphatic heterocycles. The fraction of sp³-hybridized carbons (Fsp3) is 0.500. The lowest BCUT2D eigenvalue weighted by molar-refractivity contribution is 0.0256. The molecular weight excluding hydrogens is 380 g/mol. The molecule has 2 aromatic carbocycles. The molecule has 0 amide bonds. The van der Waals surface area contributed by atoms with E-state index in [1.807, 2.05) is 24.3 Å². The van der Waals surface area contributed by atoms with E-state index in [-0.39, 0.29) is 6.61 Å². The van der Waals surface area contributed by atoms with Gasteiger partial charge in [0.25, 0.3) is 0 Å². The van der Waals surface area contributed by atoms with Crippen LogP contribution in [0.3, 0.4) is 0 Å². The van der Waals surface area contributed by atoms with Crippen molar-refractivity contribution in [1.82, 2.24) is 9.80 Å². The lowest BCUT2D eigenvalue weighted by Gasteiger charge is -2.31. The van der Waals surface area contributed by atoms with Crippen LogP contribution in [0.1, 0.15) is 11.1 Å². The van der Waals surface area contributed by atoms with Crippen molar-refractivity contribution in [2.45, 2.75) is 19.6 Å². The highest BCUT2D eigenvalue weighted by molar-refractivity contribution is 5.31. The number of ether oxygens (including phenoxy) is 3. The van der Waals surface area contributed by atoms with E-state index in [0.29, 0.717) is 6.54 Å². The molecule has 1 saturated heterocycles. The van der Waals surface area contributed by atoms with E-state index in [4.69, 9.17) is 14.2 Å². The minimum absolute atomic E-state index is 0.258. The Hall–Kier alpha value is -2.12. The van der Waals surface area contributed by atoms with Gasteiger partial charge in [-0.2, -0.15) is 0 Å². The van der Waals surface area contributed by atoms with Gasteiger partial charge in [-0.1, -0.05) is 29.8 Å². The maximum absolute atomic E-state index is 10.6. The Bertz CT molecular complexity index is 747. The van der Waals surface area contributed by atoms with Crippen molar-refractivity contribution in [2.24, 2.45) is 0 Å². The third-order valence-corrected chi connectivity index (χ3v) is 5.30. The smallest absolute Gasteiger partial charge is 0.119 e. The normalized spacial score (nSPS) is 15.9. The highest BCUT2D eigenvalue weighted by Gasteiger charge is 2.16. The topological polar surface area (TPSA) is 54.4 Å². The molecule has 2 aromatic rings. The predicted molar refractivity (Wildman–Crippen MR) is 118 cm³/mol. The molecule has 164 valence electrons. The summed E-state index contributed by atoms with van der Waals surface area (Å²) < 4.78 is 16.4. The van der Waals surface area contributed by atoms with Crippen molar-refractivity contribution in [2.75, 3.05) is 59.7 Å². The third kappa shape index (κ3) is 7.61. The lowest BCUT2D eigenvalue weighted by atomic mass is 10.1. The minimum atomic E-state index is -0.568. The highest BCUT2D eigenvalue weighted by Crippen LogP contribution is 2.17. The lowest BCUT2D eigenvalue weighted by Crippen LogP contribution is -2.43.